The smallest absolute Gasteiger partial charge is 0.193 e. The molecule has 0 saturated carbocycles. The molecule has 1 N–H and O–H groups in total. The van der Waals surface area contributed by atoms with Crippen LogP contribution in [0.25, 0.3) is 5.65 Å². The van der Waals surface area contributed by atoms with Gasteiger partial charge in [-0.1, -0.05) is 6.07 Å². The minimum atomic E-state index is 0. The fourth-order valence-electron chi connectivity index (χ4n) is 2.89. The van der Waals surface area contributed by atoms with Crippen molar-refractivity contribution < 1.29 is 4.74 Å². The second kappa shape index (κ2) is 11.4. The summed E-state index contributed by atoms with van der Waals surface area (Å²) in [7, 11) is 5.51. The summed E-state index contributed by atoms with van der Waals surface area (Å²) in [4.78, 5) is 11.1. The first-order valence-corrected chi connectivity index (χ1v) is 10.2. The number of aliphatic imine (C=N–C) groups is 1. The van der Waals surface area contributed by atoms with E-state index in [1.807, 2.05) is 42.8 Å². The Morgan fingerprint density at radius 3 is 2.97 bits per heavy atom. The quantitative estimate of drug-likeness (QED) is 0.209. The molecule has 3 heterocycles. The van der Waals surface area contributed by atoms with Crippen molar-refractivity contribution in [3.05, 3.63) is 46.3 Å². The van der Waals surface area contributed by atoms with Crippen LogP contribution < -0.4 is 5.32 Å². The van der Waals surface area contributed by atoms with E-state index < -0.39 is 0 Å². The maximum atomic E-state index is 5.33. The Bertz CT molecular complexity index is 926. The third-order valence-electron chi connectivity index (χ3n) is 4.49. The fourth-order valence-corrected chi connectivity index (χ4v) is 3.74. The molecule has 0 radical (unpaired) electrons. The number of halogens is 1. The fraction of sp³-hybridized carbons (Fsp3) is 0.474. The summed E-state index contributed by atoms with van der Waals surface area (Å²) in [5.41, 5.74) is 1.90. The van der Waals surface area contributed by atoms with Gasteiger partial charge in [0.1, 0.15) is 16.9 Å². The zero-order valence-electron chi connectivity index (χ0n) is 17.2. The molecule has 158 valence electrons. The molecule has 0 bridgehead atoms. The van der Waals surface area contributed by atoms with Crippen LogP contribution in [0.5, 0.6) is 0 Å². The lowest BCUT2D eigenvalue weighted by atomic mass is 10.3. The van der Waals surface area contributed by atoms with E-state index in [1.54, 1.807) is 25.5 Å². The van der Waals surface area contributed by atoms with Gasteiger partial charge in [0.05, 0.1) is 12.2 Å². The first kappa shape index (κ1) is 23.5. The molecule has 10 heteroatoms. The summed E-state index contributed by atoms with van der Waals surface area (Å²) < 4.78 is 7.36. The first-order valence-electron chi connectivity index (χ1n) is 9.30. The summed E-state index contributed by atoms with van der Waals surface area (Å²) in [6.07, 6.45) is 3.81. The molecule has 3 aromatic heterocycles. The van der Waals surface area contributed by atoms with Gasteiger partial charge < -0.3 is 15.0 Å². The molecule has 8 nitrogen and oxygen atoms in total. The standard InChI is InChI=1S/C19H27N7OS.HI/c1-14(27-4)18-22-15(13-28-18)12-25(3)19(20-2)21-10-7-9-17-24-23-16-8-5-6-11-26(16)17;/h5-6,8,11,13-14H,7,9-10,12H2,1-4H3,(H,20,21);1H. The van der Waals surface area contributed by atoms with Gasteiger partial charge in [0.15, 0.2) is 11.6 Å². The number of methoxy groups -OCH3 is 1. The van der Waals surface area contributed by atoms with Crippen LogP contribution >= 0.6 is 35.3 Å². The van der Waals surface area contributed by atoms with Gasteiger partial charge in [0.25, 0.3) is 0 Å². The lowest BCUT2D eigenvalue weighted by molar-refractivity contribution is 0.119. The minimum Gasteiger partial charge on any atom is -0.375 e. The van der Waals surface area contributed by atoms with Crippen LogP contribution in [0.15, 0.2) is 34.8 Å². The largest absolute Gasteiger partial charge is 0.375 e. The molecule has 0 spiro atoms. The van der Waals surface area contributed by atoms with Crippen molar-refractivity contribution in [3.8, 4) is 0 Å². The van der Waals surface area contributed by atoms with Crippen LogP contribution in [0.1, 0.15) is 36.0 Å². The Labute approximate surface area is 192 Å². The molecular formula is C19H28IN7OS. The van der Waals surface area contributed by atoms with Crippen LogP contribution in [0.3, 0.4) is 0 Å². The van der Waals surface area contributed by atoms with Crippen molar-refractivity contribution in [2.45, 2.75) is 32.4 Å². The summed E-state index contributed by atoms with van der Waals surface area (Å²) in [6, 6.07) is 5.92. The third kappa shape index (κ3) is 6.09. The molecule has 3 rings (SSSR count). The number of aromatic nitrogens is 4. The van der Waals surface area contributed by atoms with Gasteiger partial charge in [-0.15, -0.1) is 45.5 Å². The highest BCUT2D eigenvalue weighted by Gasteiger charge is 2.12. The number of thiazole rings is 1. The molecule has 0 aliphatic heterocycles. The van der Waals surface area contributed by atoms with Crippen molar-refractivity contribution in [2.75, 3.05) is 27.7 Å². The van der Waals surface area contributed by atoms with Crippen LogP contribution in [-0.2, 0) is 17.7 Å². The number of nitrogens with one attached hydrogen (secondary N) is 1. The van der Waals surface area contributed by atoms with E-state index in [0.717, 1.165) is 47.5 Å². The lowest BCUT2D eigenvalue weighted by Gasteiger charge is -2.21. The maximum absolute atomic E-state index is 5.33. The van der Waals surface area contributed by atoms with Crippen molar-refractivity contribution in [2.24, 2.45) is 4.99 Å². The number of hydrogen-bond donors (Lipinski definition) is 1. The van der Waals surface area contributed by atoms with Gasteiger partial charge in [0.2, 0.25) is 0 Å². The molecular weight excluding hydrogens is 501 g/mol. The topological polar surface area (TPSA) is 79.9 Å². The Hall–Kier alpha value is -1.79. The molecule has 0 aliphatic rings. The predicted molar refractivity (Wildman–Crippen MR) is 127 cm³/mol. The molecule has 0 amide bonds. The molecule has 1 atom stereocenters. The van der Waals surface area contributed by atoms with Gasteiger partial charge in [0, 0.05) is 45.7 Å². The van der Waals surface area contributed by atoms with E-state index in [4.69, 9.17) is 4.74 Å². The molecule has 0 aliphatic carbocycles. The highest BCUT2D eigenvalue weighted by Crippen LogP contribution is 2.20. The number of rotatable bonds is 8. The van der Waals surface area contributed by atoms with E-state index in [1.165, 1.54) is 0 Å². The number of hydrogen-bond acceptors (Lipinski definition) is 6. The van der Waals surface area contributed by atoms with E-state index in [9.17, 15) is 0 Å². The van der Waals surface area contributed by atoms with Gasteiger partial charge >= 0.3 is 0 Å². The maximum Gasteiger partial charge on any atom is 0.193 e. The summed E-state index contributed by atoms with van der Waals surface area (Å²) in [5.74, 6) is 1.82. The molecule has 0 fully saturated rings. The van der Waals surface area contributed by atoms with Crippen molar-refractivity contribution in [3.63, 3.8) is 0 Å². The number of pyridine rings is 1. The second-order valence-corrected chi connectivity index (χ2v) is 7.42. The number of aryl methyl sites for hydroxylation is 1. The van der Waals surface area contributed by atoms with Crippen LogP contribution in [0, 0.1) is 0 Å². The number of ether oxygens (including phenoxy) is 1. The Balaban J connectivity index is 0.00000300. The van der Waals surface area contributed by atoms with E-state index >= 15 is 0 Å². The monoisotopic (exact) mass is 529 g/mol. The van der Waals surface area contributed by atoms with E-state index in [0.29, 0.717) is 6.54 Å². The normalized spacial score (nSPS) is 12.6. The van der Waals surface area contributed by atoms with E-state index in [2.05, 4.69) is 35.8 Å². The van der Waals surface area contributed by atoms with Crippen LogP contribution in [-0.4, -0.2) is 58.2 Å². The zero-order chi connectivity index (χ0) is 19.9. The summed E-state index contributed by atoms with van der Waals surface area (Å²) in [6.45, 7) is 3.51. The SMILES string of the molecule is CN=C(NCCCc1nnc2ccccn12)N(C)Cc1csc(C(C)OC)n1.I. The third-order valence-corrected chi connectivity index (χ3v) is 5.54. The first-order chi connectivity index (χ1) is 13.6. The van der Waals surface area contributed by atoms with Crippen molar-refractivity contribution in [1.29, 1.82) is 0 Å². The number of fused-ring (bicyclic) bond motifs is 1. The Kier molecular flexibility index (Phi) is 9.24. The summed E-state index contributed by atoms with van der Waals surface area (Å²) in [5, 5.41) is 14.9. The summed E-state index contributed by atoms with van der Waals surface area (Å²) >= 11 is 1.63. The Morgan fingerprint density at radius 1 is 1.38 bits per heavy atom. The molecule has 0 aromatic carbocycles. The van der Waals surface area contributed by atoms with Crippen LogP contribution in [0.2, 0.25) is 0 Å². The lowest BCUT2D eigenvalue weighted by Crippen LogP contribution is -2.39. The van der Waals surface area contributed by atoms with Gasteiger partial charge in [-0.2, -0.15) is 0 Å². The van der Waals surface area contributed by atoms with Crippen LogP contribution in [0.4, 0.5) is 0 Å². The molecule has 29 heavy (non-hydrogen) atoms. The minimum absolute atomic E-state index is 0. The predicted octanol–water partition coefficient (Wildman–Crippen LogP) is 3.15. The average Bonchev–Trinajstić information content (AvgIpc) is 3.34. The molecule has 1 unspecified atom stereocenters. The zero-order valence-corrected chi connectivity index (χ0v) is 20.3. The van der Waals surface area contributed by atoms with Gasteiger partial charge in [-0.3, -0.25) is 9.39 Å². The average molecular weight is 529 g/mol. The molecule has 0 saturated heterocycles. The highest BCUT2D eigenvalue weighted by atomic mass is 127. The van der Waals surface area contributed by atoms with Gasteiger partial charge in [-0.05, 0) is 25.5 Å². The van der Waals surface area contributed by atoms with E-state index in [-0.39, 0.29) is 30.1 Å². The molecule has 3 aromatic rings. The van der Waals surface area contributed by atoms with Gasteiger partial charge in [-0.25, -0.2) is 4.98 Å². The van der Waals surface area contributed by atoms with Crippen molar-refractivity contribution >= 4 is 46.9 Å². The number of guanidine groups is 1. The Morgan fingerprint density at radius 2 is 2.21 bits per heavy atom. The highest BCUT2D eigenvalue weighted by molar-refractivity contribution is 14.0. The second-order valence-electron chi connectivity index (χ2n) is 6.53. The number of nitrogens with zero attached hydrogens (tertiary/aromatic N) is 6. The van der Waals surface area contributed by atoms with Crippen molar-refractivity contribution in [1.82, 2.24) is 29.8 Å².